The Balaban J connectivity index is 1.54. The number of pyridine rings is 1. The summed E-state index contributed by atoms with van der Waals surface area (Å²) >= 11 is 0. The van der Waals surface area contributed by atoms with E-state index in [1.165, 1.54) is 30.3 Å². The van der Waals surface area contributed by atoms with Crippen LogP contribution >= 0.6 is 0 Å². The van der Waals surface area contributed by atoms with E-state index in [2.05, 4.69) is 20.4 Å². The summed E-state index contributed by atoms with van der Waals surface area (Å²) in [6.07, 6.45) is 0. The number of halogens is 2. The average molecular weight is 407 g/mol. The third-order valence-electron chi connectivity index (χ3n) is 5.50. The Hall–Kier alpha value is -3.39. The molecule has 0 amide bonds. The van der Waals surface area contributed by atoms with Crippen molar-refractivity contribution in [2.24, 2.45) is 0 Å². The van der Waals surface area contributed by atoms with Gasteiger partial charge >= 0.3 is 0 Å². The molecule has 1 aliphatic heterocycles. The second kappa shape index (κ2) is 6.84. The number of aromatic amines is 1. The molecule has 0 radical (unpaired) electrons. The van der Waals surface area contributed by atoms with Crippen molar-refractivity contribution >= 4 is 10.9 Å². The lowest BCUT2D eigenvalue weighted by molar-refractivity contribution is 0.371. The predicted molar refractivity (Wildman–Crippen MR) is 109 cm³/mol. The fraction of sp³-hybridized carbons (Fsp3) is 0.227. The Morgan fingerprint density at radius 3 is 2.73 bits per heavy atom. The normalized spacial score (nSPS) is 16.1. The zero-order valence-corrected chi connectivity index (χ0v) is 16.5. The molecule has 0 saturated heterocycles. The summed E-state index contributed by atoms with van der Waals surface area (Å²) in [6.45, 7) is 4.50. The van der Waals surface area contributed by atoms with Gasteiger partial charge in [0.15, 0.2) is 11.3 Å². The zero-order chi connectivity index (χ0) is 21.0. The highest BCUT2D eigenvalue weighted by Gasteiger charge is 2.24. The first kappa shape index (κ1) is 18.6. The molecule has 0 fully saturated rings. The smallest absolute Gasteiger partial charge is 0.198 e. The number of H-pyrrole nitrogens is 1. The maximum Gasteiger partial charge on any atom is 0.198 e. The largest absolute Gasteiger partial charge is 0.351 e. The SMILES string of the molecule is Cc1cc(F)cc(C2Cn3nc(-c4[nH]c5ccc(F)cc5c(=O)c4C)nc3CN2)c1. The van der Waals surface area contributed by atoms with Gasteiger partial charge in [-0.2, -0.15) is 0 Å². The van der Waals surface area contributed by atoms with Crippen molar-refractivity contribution in [3.05, 3.63) is 80.8 Å². The number of benzene rings is 2. The van der Waals surface area contributed by atoms with E-state index < -0.39 is 5.82 Å². The summed E-state index contributed by atoms with van der Waals surface area (Å²) in [7, 11) is 0. The van der Waals surface area contributed by atoms with E-state index >= 15 is 0 Å². The lowest BCUT2D eigenvalue weighted by Crippen LogP contribution is -2.33. The molecule has 0 saturated carbocycles. The topological polar surface area (TPSA) is 75.6 Å². The van der Waals surface area contributed by atoms with Crippen LogP contribution in [0.4, 0.5) is 8.78 Å². The van der Waals surface area contributed by atoms with E-state index in [0.717, 1.165) is 17.0 Å². The molecule has 5 rings (SSSR count). The summed E-state index contributed by atoms with van der Waals surface area (Å²) in [6, 6.07) is 8.95. The number of fused-ring (bicyclic) bond motifs is 2. The molecule has 0 spiro atoms. The minimum atomic E-state index is -0.458. The van der Waals surface area contributed by atoms with Crippen molar-refractivity contribution in [3.63, 3.8) is 0 Å². The van der Waals surface area contributed by atoms with Crippen LogP contribution in [0.25, 0.3) is 22.4 Å². The summed E-state index contributed by atoms with van der Waals surface area (Å²) in [5.41, 5.74) is 2.93. The molecule has 4 aromatic rings. The van der Waals surface area contributed by atoms with Gasteiger partial charge in [-0.05, 0) is 55.3 Å². The van der Waals surface area contributed by atoms with Gasteiger partial charge in [0.25, 0.3) is 0 Å². The molecule has 0 aliphatic carbocycles. The number of nitrogens with one attached hydrogen (secondary N) is 2. The Morgan fingerprint density at radius 2 is 1.93 bits per heavy atom. The summed E-state index contributed by atoms with van der Waals surface area (Å²) in [4.78, 5) is 20.5. The van der Waals surface area contributed by atoms with Gasteiger partial charge < -0.3 is 10.3 Å². The van der Waals surface area contributed by atoms with Crippen LogP contribution in [0.1, 0.15) is 28.6 Å². The third-order valence-corrected chi connectivity index (χ3v) is 5.50. The lowest BCUT2D eigenvalue weighted by Gasteiger charge is -2.24. The molecule has 30 heavy (non-hydrogen) atoms. The number of aryl methyl sites for hydroxylation is 1. The summed E-state index contributed by atoms with van der Waals surface area (Å²) < 4.78 is 29.1. The van der Waals surface area contributed by atoms with E-state index in [1.807, 2.05) is 13.0 Å². The quantitative estimate of drug-likeness (QED) is 0.533. The molecular formula is C22H19F2N5O. The molecule has 1 atom stereocenters. The van der Waals surface area contributed by atoms with Gasteiger partial charge in [-0.25, -0.2) is 18.4 Å². The van der Waals surface area contributed by atoms with Crippen molar-refractivity contribution < 1.29 is 8.78 Å². The Morgan fingerprint density at radius 1 is 1.10 bits per heavy atom. The highest BCUT2D eigenvalue weighted by atomic mass is 19.1. The van der Waals surface area contributed by atoms with Gasteiger partial charge in [-0.15, -0.1) is 5.10 Å². The first-order chi connectivity index (χ1) is 14.4. The number of hydrogen-bond acceptors (Lipinski definition) is 4. The van der Waals surface area contributed by atoms with Crippen LogP contribution < -0.4 is 10.7 Å². The minimum Gasteiger partial charge on any atom is -0.351 e. The first-order valence-corrected chi connectivity index (χ1v) is 9.66. The molecule has 8 heteroatoms. The minimum absolute atomic E-state index is 0.0961. The van der Waals surface area contributed by atoms with Crippen molar-refractivity contribution in [3.8, 4) is 11.5 Å². The van der Waals surface area contributed by atoms with E-state index in [-0.39, 0.29) is 17.3 Å². The van der Waals surface area contributed by atoms with Crippen LogP contribution in [0.3, 0.4) is 0 Å². The molecule has 1 aliphatic rings. The summed E-state index contributed by atoms with van der Waals surface area (Å²) in [5.74, 6) is 0.413. The fourth-order valence-corrected chi connectivity index (χ4v) is 3.98. The lowest BCUT2D eigenvalue weighted by atomic mass is 10.0. The molecular weight excluding hydrogens is 388 g/mol. The van der Waals surface area contributed by atoms with E-state index in [9.17, 15) is 13.6 Å². The monoisotopic (exact) mass is 407 g/mol. The van der Waals surface area contributed by atoms with Crippen molar-refractivity contribution in [2.75, 3.05) is 0 Å². The molecule has 1 unspecified atom stereocenters. The van der Waals surface area contributed by atoms with Crippen molar-refractivity contribution in [2.45, 2.75) is 33.0 Å². The predicted octanol–water partition coefficient (Wildman–Crippen LogP) is 3.53. The fourth-order valence-electron chi connectivity index (χ4n) is 3.98. The first-order valence-electron chi connectivity index (χ1n) is 9.66. The van der Waals surface area contributed by atoms with E-state index in [1.54, 1.807) is 11.6 Å². The number of hydrogen-bond donors (Lipinski definition) is 2. The average Bonchev–Trinajstić information content (AvgIpc) is 3.13. The standard InChI is InChI=1S/C22H19F2N5O/c1-11-5-13(7-15(24)6-11)18-10-29-19(9-25-18)27-22(28-29)20-12(2)21(30)16-8-14(23)3-4-17(16)26-20/h3-8,18,25H,9-10H2,1-2H3,(H,26,30). The highest BCUT2D eigenvalue weighted by Crippen LogP contribution is 2.25. The number of aromatic nitrogens is 4. The summed E-state index contributed by atoms with van der Waals surface area (Å²) in [5, 5.41) is 8.26. The van der Waals surface area contributed by atoms with Gasteiger partial charge in [-0.3, -0.25) is 4.79 Å². The Bertz CT molecular complexity index is 1340. The van der Waals surface area contributed by atoms with Crippen LogP contribution in [0.5, 0.6) is 0 Å². The van der Waals surface area contributed by atoms with Crippen LogP contribution in [0.15, 0.2) is 41.2 Å². The molecule has 152 valence electrons. The second-order valence-electron chi connectivity index (χ2n) is 7.67. The number of nitrogens with zero attached hydrogens (tertiary/aromatic N) is 3. The maximum absolute atomic E-state index is 13.8. The van der Waals surface area contributed by atoms with Crippen molar-refractivity contribution in [1.82, 2.24) is 25.1 Å². The molecule has 6 nitrogen and oxygen atoms in total. The van der Waals surface area contributed by atoms with Crippen LogP contribution in [0, 0.1) is 25.5 Å². The molecule has 2 aromatic heterocycles. The highest BCUT2D eigenvalue weighted by molar-refractivity contribution is 5.82. The Labute approximate surface area is 170 Å². The van der Waals surface area contributed by atoms with Gasteiger partial charge in [-0.1, -0.05) is 6.07 Å². The van der Waals surface area contributed by atoms with Gasteiger partial charge in [0.05, 0.1) is 30.3 Å². The van der Waals surface area contributed by atoms with E-state index in [4.69, 9.17) is 0 Å². The van der Waals surface area contributed by atoms with E-state index in [0.29, 0.717) is 41.1 Å². The molecule has 3 heterocycles. The maximum atomic E-state index is 13.8. The molecule has 2 aromatic carbocycles. The van der Waals surface area contributed by atoms with Gasteiger partial charge in [0, 0.05) is 10.9 Å². The Kier molecular flexibility index (Phi) is 4.25. The number of rotatable bonds is 2. The van der Waals surface area contributed by atoms with Crippen LogP contribution in [-0.2, 0) is 13.1 Å². The van der Waals surface area contributed by atoms with Crippen molar-refractivity contribution in [1.29, 1.82) is 0 Å². The van der Waals surface area contributed by atoms with Crippen LogP contribution in [-0.4, -0.2) is 19.7 Å². The van der Waals surface area contributed by atoms with Gasteiger partial charge in [0.2, 0.25) is 0 Å². The molecule has 2 N–H and O–H groups in total. The second-order valence-corrected chi connectivity index (χ2v) is 7.67. The van der Waals surface area contributed by atoms with Crippen LogP contribution in [0.2, 0.25) is 0 Å². The zero-order valence-electron chi connectivity index (χ0n) is 16.5. The third kappa shape index (κ3) is 3.09. The van der Waals surface area contributed by atoms with Gasteiger partial charge in [0.1, 0.15) is 17.5 Å². The molecule has 0 bridgehead atoms.